The minimum Gasteiger partial charge on any atom is -0.406 e. The highest BCUT2D eigenvalue weighted by molar-refractivity contribution is 7.80. The standard InChI is InChI=1S/C30H33F3N6O2S/c1-3-5-22-10-7-20(2)18-26(22)36-29(42)37-28(40)34-17-4-6-21-8-11-23(12-9-21)27-35-19-39(38-27)24-13-15-25(16-14-24)41-30(31,32)33/h7-16,18-19,28,34,40H,3-6,17H2,1-2H3,(H2,36,37,42). The number of hydrogen-bond donors (Lipinski definition) is 4. The van der Waals surface area contributed by atoms with Gasteiger partial charge in [-0.15, -0.1) is 18.3 Å². The van der Waals surface area contributed by atoms with Crippen LogP contribution >= 0.6 is 12.2 Å². The van der Waals surface area contributed by atoms with Gasteiger partial charge in [-0.2, -0.15) is 0 Å². The second kappa shape index (κ2) is 14.3. The fourth-order valence-electron chi connectivity index (χ4n) is 4.30. The Bertz CT molecular complexity index is 1460. The molecule has 0 spiro atoms. The van der Waals surface area contributed by atoms with E-state index in [0.29, 0.717) is 23.2 Å². The van der Waals surface area contributed by atoms with Gasteiger partial charge in [0.25, 0.3) is 0 Å². The van der Waals surface area contributed by atoms with Crippen LogP contribution in [0.4, 0.5) is 18.9 Å². The van der Waals surface area contributed by atoms with Crippen molar-refractivity contribution in [1.82, 2.24) is 25.4 Å². The molecule has 0 amide bonds. The number of rotatable bonds is 12. The number of aliphatic hydroxyl groups excluding tert-OH is 1. The van der Waals surface area contributed by atoms with Gasteiger partial charge in [0.1, 0.15) is 12.1 Å². The third-order valence-electron chi connectivity index (χ3n) is 6.32. The maximum atomic E-state index is 12.4. The Morgan fingerprint density at radius 2 is 1.79 bits per heavy atom. The summed E-state index contributed by atoms with van der Waals surface area (Å²) < 4.78 is 42.5. The molecule has 4 rings (SSSR count). The van der Waals surface area contributed by atoms with Crippen LogP contribution in [0.3, 0.4) is 0 Å². The number of halogens is 3. The zero-order chi connectivity index (χ0) is 30.1. The van der Waals surface area contributed by atoms with E-state index in [1.165, 1.54) is 40.8 Å². The molecule has 0 aliphatic heterocycles. The first-order valence-corrected chi connectivity index (χ1v) is 14.0. The molecule has 0 saturated carbocycles. The summed E-state index contributed by atoms with van der Waals surface area (Å²) >= 11 is 5.38. The van der Waals surface area contributed by atoms with E-state index >= 15 is 0 Å². The first-order chi connectivity index (χ1) is 20.1. The molecule has 8 nitrogen and oxygen atoms in total. The van der Waals surface area contributed by atoms with E-state index in [4.69, 9.17) is 12.2 Å². The summed E-state index contributed by atoms with van der Waals surface area (Å²) in [6, 6.07) is 19.4. The molecule has 1 unspecified atom stereocenters. The second-order valence-electron chi connectivity index (χ2n) is 9.72. The lowest BCUT2D eigenvalue weighted by Crippen LogP contribution is -2.47. The number of hydrogen-bond acceptors (Lipinski definition) is 6. The number of benzene rings is 3. The van der Waals surface area contributed by atoms with Crippen molar-refractivity contribution in [3.05, 3.63) is 89.7 Å². The van der Waals surface area contributed by atoms with E-state index in [2.05, 4.69) is 49.8 Å². The van der Waals surface area contributed by atoms with E-state index in [-0.39, 0.29) is 5.75 Å². The molecule has 4 N–H and O–H groups in total. The lowest BCUT2D eigenvalue weighted by atomic mass is 10.1. The van der Waals surface area contributed by atoms with Crippen molar-refractivity contribution in [2.75, 3.05) is 11.9 Å². The number of nitrogens with one attached hydrogen (secondary N) is 3. The summed E-state index contributed by atoms with van der Waals surface area (Å²) in [5.74, 6) is 0.188. The molecule has 4 aromatic rings. The zero-order valence-electron chi connectivity index (χ0n) is 23.3. The van der Waals surface area contributed by atoms with Crippen LogP contribution in [0.2, 0.25) is 0 Å². The first kappa shape index (κ1) is 30.9. The first-order valence-electron chi connectivity index (χ1n) is 13.6. The zero-order valence-corrected chi connectivity index (χ0v) is 24.1. The molecule has 0 aliphatic carbocycles. The van der Waals surface area contributed by atoms with Crippen molar-refractivity contribution >= 4 is 23.0 Å². The molecule has 0 fully saturated rings. The van der Waals surface area contributed by atoms with E-state index in [1.54, 1.807) is 0 Å². The van der Waals surface area contributed by atoms with Gasteiger partial charge in [0, 0.05) is 11.3 Å². The number of aliphatic hydroxyl groups is 1. The fraction of sp³-hybridized carbons (Fsp3) is 0.300. The summed E-state index contributed by atoms with van der Waals surface area (Å²) in [5.41, 5.74) is 5.73. The molecule has 1 aromatic heterocycles. The van der Waals surface area contributed by atoms with Crippen molar-refractivity contribution < 1.29 is 23.0 Å². The lowest BCUT2D eigenvalue weighted by molar-refractivity contribution is -0.274. The molecule has 1 atom stereocenters. The highest BCUT2D eigenvalue weighted by atomic mass is 32.1. The van der Waals surface area contributed by atoms with Crippen LogP contribution < -0.4 is 20.7 Å². The van der Waals surface area contributed by atoms with Gasteiger partial charge < -0.3 is 20.5 Å². The van der Waals surface area contributed by atoms with Crippen LogP contribution in [0.15, 0.2) is 73.1 Å². The van der Waals surface area contributed by atoms with Crippen molar-refractivity contribution in [3.8, 4) is 22.8 Å². The van der Waals surface area contributed by atoms with Gasteiger partial charge in [0.05, 0.1) is 5.69 Å². The average molecular weight is 599 g/mol. The van der Waals surface area contributed by atoms with Gasteiger partial charge in [-0.3, -0.25) is 5.32 Å². The van der Waals surface area contributed by atoms with Gasteiger partial charge >= 0.3 is 6.36 Å². The predicted octanol–water partition coefficient (Wildman–Crippen LogP) is 5.88. The minimum atomic E-state index is -4.74. The van der Waals surface area contributed by atoms with Gasteiger partial charge in [-0.25, -0.2) is 9.67 Å². The van der Waals surface area contributed by atoms with Gasteiger partial charge in [0.2, 0.25) is 0 Å². The molecule has 1 heterocycles. The molecule has 12 heteroatoms. The molecule has 3 aromatic carbocycles. The molecule has 42 heavy (non-hydrogen) atoms. The van der Waals surface area contributed by atoms with Crippen LogP contribution in [0, 0.1) is 6.92 Å². The second-order valence-corrected chi connectivity index (χ2v) is 10.1. The summed E-state index contributed by atoms with van der Waals surface area (Å²) in [6.07, 6.45) is -0.680. The van der Waals surface area contributed by atoms with Crippen LogP contribution in [-0.4, -0.2) is 44.2 Å². The molecule has 0 aliphatic rings. The van der Waals surface area contributed by atoms with Crippen LogP contribution in [0.25, 0.3) is 17.1 Å². The van der Waals surface area contributed by atoms with Gasteiger partial charge in [0.15, 0.2) is 17.3 Å². The Labute approximate surface area is 247 Å². The highest BCUT2D eigenvalue weighted by Gasteiger charge is 2.31. The summed E-state index contributed by atoms with van der Waals surface area (Å²) in [6.45, 7) is 4.73. The summed E-state index contributed by atoms with van der Waals surface area (Å²) in [5, 5.41) is 24.2. The lowest BCUT2D eigenvalue weighted by Gasteiger charge is -2.19. The quantitative estimate of drug-likeness (QED) is 0.0913. The van der Waals surface area contributed by atoms with Crippen LogP contribution in [0.5, 0.6) is 5.75 Å². The third kappa shape index (κ3) is 9.26. The Morgan fingerprint density at radius 1 is 1.05 bits per heavy atom. The number of anilines is 1. The van der Waals surface area contributed by atoms with E-state index in [9.17, 15) is 18.3 Å². The van der Waals surface area contributed by atoms with Crippen LogP contribution in [0.1, 0.15) is 36.5 Å². The average Bonchev–Trinajstić information content (AvgIpc) is 3.43. The smallest absolute Gasteiger partial charge is 0.406 e. The predicted molar refractivity (Wildman–Crippen MR) is 160 cm³/mol. The topological polar surface area (TPSA) is 96.3 Å². The fourth-order valence-corrected chi connectivity index (χ4v) is 4.52. The molecule has 0 saturated heterocycles. The van der Waals surface area contributed by atoms with E-state index in [0.717, 1.165) is 48.1 Å². The van der Waals surface area contributed by atoms with Crippen LogP contribution in [-0.2, 0) is 12.8 Å². The monoisotopic (exact) mass is 598 g/mol. The number of aryl methyl sites for hydroxylation is 3. The maximum Gasteiger partial charge on any atom is 0.573 e. The molecule has 0 bridgehead atoms. The highest BCUT2D eigenvalue weighted by Crippen LogP contribution is 2.24. The number of alkyl halides is 3. The van der Waals surface area contributed by atoms with E-state index < -0.39 is 12.7 Å². The number of nitrogens with zero attached hydrogens (tertiary/aromatic N) is 3. The van der Waals surface area contributed by atoms with Crippen molar-refractivity contribution in [1.29, 1.82) is 0 Å². The molecule has 0 radical (unpaired) electrons. The largest absolute Gasteiger partial charge is 0.573 e. The Hall–Kier alpha value is -4.00. The molecule has 222 valence electrons. The Balaban J connectivity index is 1.21. The van der Waals surface area contributed by atoms with Crippen molar-refractivity contribution in [3.63, 3.8) is 0 Å². The number of thiocarbonyl (C=S) groups is 1. The SMILES string of the molecule is CCCc1ccc(C)cc1NC(=S)NC(O)NCCCc1ccc(-c2ncn(-c3ccc(OC(F)(F)F)cc3)n2)cc1. The molecular formula is C30H33F3N6O2S. The summed E-state index contributed by atoms with van der Waals surface area (Å²) in [7, 11) is 0. The molecular weight excluding hydrogens is 565 g/mol. The Morgan fingerprint density at radius 3 is 2.48 bits per heavy atom. The normalized spacial score (nSPS) is 12.1. The van der Waals surface area contributed by atoms with E-state index in [1.807, 2.05) is 37.3 Å². The van der Waals surface area contributed by atoms with Crippen molar-refractivity contribution in [2.45, 2.75) is 52.2 Å². The Kier molecular flexibility index (Phi) is 10.5. The van der Waals surface area contributed by atoms with Gasteiger partial charge in [-0.05, 0) is 92.0 Å². The third-order valence-corrected chi connectivity index (χ3v) is 6.54. The maximum absolute atomic E-state index is 12.4. The minimum absolute atomic E-state index is 0.303. The summed E-state index contributed by atoms with van der Waals surface area (Å²) in [4.78, 5) is 4.32. The number of ether oxygens (including phenoxy) is 1. The van der Waals surface area contributed by atoms with Gasteiger partial charge in [-0.1, -0.05) is 49.7 Å². The number of aromatic nitrogens is 3. The van der Waals surface area contributed by atoms with Crippen molar-refractivity contribution in [2.24, 2.45) is 0 Å².